The number of fused-ring (bicyclic) bond motifs is 1. The number of hydrogen-bond acceptors (Lipinski definition) is 4. The molecule has 5 nitrogen and oxygen atoms in total. The van der Waals surface area contributed by atoms with Gasteiger partial charge in [0.2, 0.25) is 0 Å². The van der Waals surface area contributed by atoms with Gasteiger partial charge in [-0.2, -0.15) is 0 Å². The van der Waals surface area contributed by atoms with Crippen LogP contribution >= 0.6 is 11.6 Å². The number of hydrogen-bond donors (Lipinski definition) is 0. The van der Waals surface area contributed by atoms with Crippen LogP contribution in [0.3, 0.4) is 0 Å². The molecule has 1 unspecified atom stereocenters. The largest absolute Gasteiger partial charge is 0.494 e. The van der Waals surface area contributed by atoms with Gasteiger partial charge in [-0.1, -0.05) is 11.2 Å². The van der Waals surface area contributed by atoms with Crippen LogP contribution in [0.4, 0.5) is 0 Å². The Balaban J connectivity index is 2.16. The van der Waals surface area contributed by atoms with E-state index in [1.54, 1.807) is 7.11 Å². The summed E-state index contributed by atoms with van der Waals surface area (Å²) >= 11 is 6.28. The number of nitrogens with zero attached hydrogens (tertiary/aromatic N) is 3. The van der Waals surface area contributed by atoms with Crippen molar-refractivity contribution in [3.8, 4) is 5.75 Å². The van der Waals surface area contributed by atoms with Gasteiger partial charge in [0.15, 0.2) is 5.76 Å². The lowest BCUT2D eigenvalue weighted by molar-refractivity contribution is 0.372. The van der Waals surface area contributed by atoms with Crippen LogP contribution in [0.25, 0.3) is 11.0 Å². The molecule has 0 aliphatic carbocycles. The first kappa shape index (κ1) is 13.9. The smallest absolute Gasteiger partial charge is 0.156 e. The van der Waals surface area contributed by atoms with E-state index in [0.717, 1.165) is 34.1 Å². The highest BCUT2D eigenvalue weighted by molar-refractivity contribution is 6.20. The van der Waals surface area contributed by atoms with Crippen LogP contribution in [-0.2, 0) is 6.54 Å². The second-order valence-electron chi connectivity index (χ2n) is 4.93. The average molecular weight is 306 g/mol. The highest BCUT2D eigenvalue weighted by Crippen LogP contribution is 2.30. The van der Waals surface area contributed by atoms with E-state index in [9.17, 15) is 0 Å². The summed E-state index contributed by atoms with van der Waals surface area (Å²) in [5.41, 5.74) is 2.62. The van der Waals surface area contributed by atoms with Gasteiger partial charge in [-0.15, -0.1) is 11.6 Å². The van der Waals surface area contributed by atoms with Crippen LogP contribution < -0.4 is 4.74 Å². The van der Waals surface area contributed by atoms with Crippen LogP contribution in [0.15, 0.2) is 28.8 Å². The summed E-state index contributed by atoms with van der Waals surface area (Å²) in [6.45, 7) is 4.33. The van der Waals surface area contributed by atoms with Crippen LogP contribution in [0.1, 0.15) is 29.6 Å². The predicted molar refractivity (Wildman–Crippen MR) is 80.9 cm³/mol. The topological polar surface area (TPSA) is 53.1 Å². The first-order chi connectivity index (χ1) is 10.1. The summed E-state index contributed by atoms with van der Waals surface area (Å²) in [5, 5.41) is 3.70. The van der Waals surface area contributed by atoms with E-state index in [4.69, 9.17) is 20.9 Å². The maximum Gasteiger partial charge on any atom is 0.156 e. The summed E-state index contributed by atoms with van der Waals surface area (Å²) in [6.07, 6.45) is 0. The standard InChI is InChI=1S/C15H16ClN3O2/c1-9-7-11(21-18-9)8-19-12-5-4-6-13(20-3)14(12)17-15(19)10(2)16/h4-7,10H,8H2,1-3H3. The third-order valence-electron chi connectivity index (χ3n) is 3.34. The average Bonchev–Trinajstić information content (AvgIpc) is 3.03. The number of halogens is 1. The molecule has 0 radical (unpaired) electrons. The van der Waals surface area contributed by atoms with Gasteiger partial charge in [0.1, 0.15) is 17.1 Å². The van der Waals surface area contributed by atoms with E-state index in [-0.39, 0.29) is 5.38 Å². The molecular formula is C15H16ClN3O2. The van der Waals surface area contributed by atoms with E-state index < -0.39 is 0 Å². The second-order valence-corrected chi connectivity index (χ2v) is 5.59. The van der Waals surface area contributed by atoms with Crippen LogP contribution in [0, 0.1) is 6.92 Å². The lowest BCUT2D eigenvalue weighted by Crippen LogP contribution is -2.05. The maximum absolute atomic E-state index is 6.28. The molecule has 0 aliphatic rings. The molecule has 0 spiro atoms. The van der Waals surface area contributed by atoms with Crippen molar-refractivity contribution in [3.05, 3.63) is 41.5 Å². The predicted octanol–water partition coefficient (Wildman–Crippen LogP) is 3.69. The van der Waals surface area contributed by atoms with Crippen molar-refractivity contribution in [1.82, 2.24) is 14.7 Å². The summed E-state index contributed by atoms with van der Waals surface area (Å²) in [7, 11) is 1.64. The second kappa shape index (κ2) is 5.41. The Morgan fingerprint density at radius 2 is 2.24 bits per heavy atom. The van der Waals surface area contributed by atoms with Gasteiger partial charge in [0.25, 0.3) is 0 Å². The molecule has 110 valence electrons. The van der Waals surface area contributed by atoms with Gasteiger partial charge in [-0.25, -0.2) is 4.98 Å². The Morgan fingerprint density at radius 1 is 1.43 bits per heavy atom. The Hall–Kier alpha value is -2.01. The number of imidazole rings is 1. The molecule has 6 heteroatoms. The van der Waals surface area contributed by atoms with Crippen LogP contribution in [-0.4, -0.2) is 21.8 Å². The highest BCUT2D eigenvalue weighted by atomic mass is 35.5. The number of aromatic nitrogens is 3. The molecule has 0 fully saturated rings. The van der Waals surface area contributed by atoms with Crippen molar-refractivity contribution in [2.45, 2.75) is 25.8 Å². The molecule has 1 aromatic carbocycles. The Kier molecular flexibility index (Phi) is 3.59. The first-order valence-corrected chi connectivity index (χ1v) is 7.13. The number of benzene rings is 1. The van der Waals surface area contributed by atoms with E-state index >= 15 is 0 Å². The Labute approximate surface area is 127 Å². The molecule has 2 aromatic heterocycles. The van der Waals surface area contributed by atoms with Crippen molar-refractivity contribution in [2.24, 2.45) is 0 Å². The maximum atomic E-state index is 6.28. The van der Waals surface area contributed by atoms with Crippen molar-refractivity contribution < 1.29 is 9.26 Å². The fourth-order valence-electron chi connectivity index (χ4n) is 2.42. The summed E-state index contributed by atoms with van der Waals surface area (Å²) in [4.78, 5) is 4.63. The number of para-hydroxylation sites is 1. The van der Waals surface area contributed by atoms with Crippen LogP contribution in [0.5, 0.6) is 5.75 Å². The van der Waals surface area contributed by atoms with Crippen LogP contribution in [0.2, 0.25) is 0 Å². The number of ether oxygens (including phenoxy) is 1. The fourth-order valence-corrected chi connectivity index (χ4v) is 2.59. The van der Waals surface area contributed by atoms with E-state index in [0.29, 0.717) is 6.54 Å². The molecule has 2 heterocycles. The van der Waals surface area contributed by atoms with Crippen molar-refractivity contribution in [1.29, 1.82) is 0 Å². The minimum atomic E-state index is -0.217. The number of rotatable bonds is 4. The quantitative estimate of drug-likeness (QED) is 0.690. The number of alkyl halides is 1. The third-order valence-corrected chi connectivity index (χ3v) is 3.53. The molecule has 0 saturated heterocycles. The summed E-state index contributed by atoms with van der Waals surface area (Å²) < 4.78 is 12.7. The molecular weight excluding hydrogens is 290 g/mol. The zero-order valence-electron chi connectivity index (χ0n) is 12.1. The van der Waals surface area contributed by atoms with Gasteiger partial charge in [-0.05, 0) is 26.0 Å². The van der Waals surface area contributed by atoms with Gasteiger partial charge in [-0.3, -0.25) is 0 Å². The van der Waals surface area contributed by atoms with Gasteiger partial charge in [0, 0.05) is 6.07 Å². The Morgan fingerprint density at radius 3 is 2.86 bits per heavy atom. The highest BCUT2D eigenvalue weighted by Gasteiger charge is 2.18. The molecule has 0 amide bonds. The zero-order valence-corrected chi connectivity index (χ0v) is 12.9. The molecule has 21 heavy (non-hydrogen) atoms. The summed E-state index contributed by atoms with van der Waals surface area (Å²) in [6, 6.07) is 7.74. The molecule has 3 rings (SSSR count). The zero-order chi connectivity index (χ0) is 15.0. The number of aryl methyl sites for hydroxylation is 1. The SMILES string of the molecule is COc1cccc2c1nc(C(C)Cl)n2Cc1cc(C)no1. The van der Waals surface area contributed by atoms with E-state index in [1.807, 2.05) is 42.7 Å². The van der Waals surface area contributed by atoms with Crippen molar-refractivity contribution in [3.63, 3.8) is 0 Å². The summed E-state index contributed by atoms with van der Waals surface area (Å²) in [5.74, 6) is 2.29. The fraction of sp³-hybridized carbons (Fsp3) is 0.333. The van der Waals surface area contributed by atoms with E-state index in [1.165, 1.54) is 0 Å². The first-order valence-electron chi connectivity index (χ1n) is 6.69. The third kappa shape index (κ3) is 2.49. The molecule has 0 aliphatic heterocycles. The van der Waals surface area contributed by atoms with Crippen molar-refractivity contribution in [2.75, 3.05) is 7.11 Å². The van der Waals surface area contributed by atoms with Crippen molar-refractivity contribution >= 4 is 22.6 Å². The molecule has 0 bridgehead atoms. The van der Waals surface area contributed by atoms with E-state index in [2.05, 4.69) is 10.1 Å². The number of methoxy groups -OCH3 is 1. The molecule has 0 saturated carbocycles. The normalized spacial score (nSPS) is 12.8. The lowest BCUT2D eigenvalue weighted by Gasteiger charge is -2.08. The minimum absolute atomic E-state index is 0.217. The minimum Gasteiger partial charge on any atom is -0.494 e. The lowest BCUT2D eigenvalue weighted by atomic mass is 10.3. The Bertz CT molecular complexity index is 776. The van der Waals surface area contributed by atoms with Gasteiger partial charge < -0.3 is 13.8 Å². The molecule has 3 aromatic rings. The molecule has 1 atom stereocenters. The monoisotopic (exact) mass is 305 g/mol. The molecule has 0 N–H and O–H groups in total. The van der Waals surface area contributed by atoms with Gasteiger partial charge in [0.05, 0.1) is 30.2 Å². The van der Waals surface area contributed by atoms with Gasteiger partial charge >= 0.3 is 0 Å².